The number of carbonyl (C=O) groups is 1. The number of nitrogens with one attached hydrogen (secondary N) is 1. The van der Waals surface area contributed by atoms with E-state index in [1.54, 1.807) is 17.5 Å². The lowest BCUT2D eigenvalue weighted by Gasteiger charge is -2.36. The summed E-state index contributed by atoms with van der Waals surface area (Å²) in [6, 6.07) is 20.4. The van der Waals surface area contributed by atoms with E-state index in [1.807, 2.05) is 47.4 Å². The number of carbonyl (C=O) groups excluding carboxylic acids is 1. The van der Waals surface area contributed by atoms with Crippen LogP contribution in [0, 0.1) is 0 Å². The predicted molar refractivity (Wildman–Crippen MR) is 144 cm³/mol. The molecule has 0 spiro atoms. The predicted octanol–water partition coefficient (Wildman–Crippen LogP) is 4.77. The van der Waals surface area contributed by atoms with Crippen molar-refractivity contribution in [1.82, 2.24) is 19.8 Å². The number of fused-ring (bicyclic) bond motifs is 1. The molecule has 2 saturated heterocycles. The van der Waals surface area contributed by atoms with E-state index in [0.717, 1.165) is 61.7 Å². The van der Waals surface area contributed by atoms with Gasteiger partial charge in [0.1, 0.15) is 0 Å². The van der Waals surface area contributed by atoms with E-state index < -0.39 is 0 Å². The highest BCUT2D eigenvalue weighted by atomic mass is 32.1. The minimum absolute atomic E-state index is 0.0736. The van der Waals surface area contributed by atoms with Crippen molar-refractivity contribution in [2.45, 2.75) is 31.4 Å². The van der Waals surface area contributed by atoms with Gasteiger partial charge in [0, 0.05) is 54.4 Å². The second-order valence-corrected chi connectivity index (χ2v) is 10.7. The Bertz CT molecular complexity index is 1330. The second kappa shape index (κ2) is 9.97. The number of aliphatic hydroxyl groups excluding tert-OH is 1. The molecule has 6 rings (SSSR count). The summed E-state index contributed by atoms with van der Waals surface area (Å²) in [7, 11) is 0. The number of anilines is 2. The summed E-state index contributed by atoms with van der Waals surface area (Å²) in [6.45, 7) is 3.25. The molecule has 2 N–H and O–H groups in total. The molecule has 2 fully saturated rings. The third-order valence-electron chi connectivity index (χ3n) is 7.18. The van der Waals surface area contributed by atoms with Gasteiger partial charge in [0.15, 0.2) is 0 Å². The number of likely N-dealkylation sites (tertiary alicyclic amines) is 2. The molecule has 184 valence electrons. The van der Waals surface area contributed by atoms with Crippen molar-refractivity contribution in [3.8, 4) is 10.6 Å². The van der Waals surface area contributed by atoms with Crippen molar-refractivity contribution >= 4 is 39.0 Å². The second-order valence-electron chi connectivity index (χ2n) is 9.58. The Balaban J connectivity index is 1.08. The van der Waals surface area contributed by atoms with Gasteiger partial charge in [0.25, 0.3) is 5.91 Å². The lowest BCUT2D eigenvalue weighted by atomic mass is 10.0. The number of aliphatic hydroxyl groups is 1. The van der Waals surface area contributed by atoms with Crippen LogP contribution < -0.4 is 5.32 Å². The van der Waals surface area contributed by atoms with E-state index in [0.29, 0.717) is 17.6 Å². The third-order valence-corrected chi connectivity index (χ3v) is 8.32. The number of hydrogen-bond acceptors (Lipinski definition) is 7. The quantitative estimate of drug-likeness (QED) is 0.412. The number of piperidine rings is 1. The van der Waals surface area contributed by atoms with E-state index in [1.165, 1.54) is 10.1 Å². The minimum atomic E-state index is -0.194. The van der Waals surface area contributed by atoms with Crippen molar-refractivity contribution in [3.63, 3.8) is 0 Å². The number of β-amino-alcohol motifs (C(OH)–C–C–N with tert-alkyl or cyclic N) is 1. The Hall–Kier alpha value is -3.33. The largest absolute Gasteiger partial charge is 0.392 e. The fourth-order valence-electron chi connectivity index (χ4n) is 5.21. The molecule has 8 heteroatoms. The number of hydrogen-bond donors (Lipinski definition) is 2. The van der Waals surface area contributed by atoms with Gasteiger partial charge in [-0.2, -0.15) is 0 Å². The average molecular weight is 500 g/mol. The molecule has 0 aliphatic carbocycles. The van der Waals surface area contributed by atoms with Crippen LogP contribution in [0.25, 0.3) is 20.7 Å². The first-order valence-corrected chi connectivity index (χ1v) is 13.3. The van der Waals surface area contributed by atoms with Gasteiger partial charge in [0.2, 0.25) is 5.95 Å². The Morgan fingerprint density at radius 1 is 1.00 bits per heavy atom. The third kappa shape index (κ3) is 4.84. The Kier molecular flexibility index (Phi) is 6.39. The molecule has 7 nitrogen and oxygen atoms in total. The lowest BCUT2D eigenvalue weighted by molar-refractivity contribution is 0.0627. The summed E-state index contributed by atoms with van der Waals surface area (Å²) in [5.74, 6) is 0.600. The van der Waals surface area contributed by atoms with Crippen LogP contribution in [-0.2, 0) is 0 Å². The lowest BCUT2D eigenvalue weighted by Crippen LogP contribution is -2.46. The minimum Gasteiger partial charge on any atom is -0.392 e. The van der Waals surface area contributed by atoms with Crippen LogP contribution in [-0.4, -0.2) is 69.1 Å². The zero-order chi connectivity index (χ0) is 24.5. The zero-order valence-corrected chi connectivity index (χ0v) is 20.8. The van der Waals surface area contributed by atoms with Gasteiger partial charge in [-0.15, -0.1) is 11.3 Å². The SMILES string of the molecule is O=C(c1ccc(Nc2nccc(-c3cc4ccccc4s3)n2)cc1)N1CCC(N2CC[C@@H](O)C2)CC1. The van der Waals surface area contributed by atoms with Gasteiger partial charge < -0.3 is 15.3 Å². The van der Waals surface area contributed by atoms with E-state index >= 15 is 0 Å². The van der Waals surface area contributed by atoms with Gasteiger partial charge in [-0.25, -0.2) is 9.97 Å². The van der Waals surface area contributed by atoms with Crippen LogP contribution in [0.4, 0.5) is 11.6 Å². The van der Waals surface area contributed by atoms with Crippen molar-refractivity contribution < 1.29 is 9.90 Å². The fraction of sp³-hybridized carbons (Fsp3) is 0.321. The van der Waals surface area contributed by atoms with E-state index in [9.17, 15) is 9.90 Å². The molecule has 1 amide bonds. The smallest absolute Gasteiger partial charge is 0.253 e. The molecule has 0 saturated carbocycles. The molecule has 2 aromatic carbocycles. The molecule has 2 aliphatic heterocycles. The molecule has 0 unspecified atom stereocenters. The highest BCUT2D eigenvalue weighted by molar-refractivity contribution is 7.22. The molecule has 0 bridgehead atoms. The zero-order valence-electron chi connectivity index (χ0n) is 20.0. The Morgan fingerprint density at radius 2 is 1.81 bits per heavy atom. The van der Waals surface area contributed by atoms with Crippen molar-refractivity contribution in [2.75, 3.05) is 31.5 Å². The van der Waals surface area contributed by atoms with E-state index in [2.05, 4.69) is 33.4 Å². The Morgan fingerprint density at radius 3 is 2.56 bits per heavy atom. The van der Waals surface area contributed by atoms with Crippen molar-refractivity contribution in [3.05, 3.63) is 72.4 Å². The highest BCUT2D eigenvalue weighted by Gasteiger charge is 2.31. The monoisotopic (exact) mass is 499 g/mol. The van der Waals surface area contributed by atoms with Crippen LogP contribution in [0.2, 0.25) is 0 Å². The number of benzene rings is 2. The molecule has 4 aromatic rings. The molecular weight excluding hydrogens is 470 g/mol. The molecule has 2 aliphatic rings. The molecule has 0 radical (unpaired) electrons. The summed E-state index contributed by atoms with van der Waals surface area (Å²) >= 11 is 1.72. The van der Waals surface area contributed by atoms with Crippen LogP contribution in [0.1, 0.15) is 29.6 Å². The summed E-state index contributed by atoms with van der Waals surface area (Å²) in [4.78, 5) is 27.6. The molecule has 36 heavy (non-hydrogen) atoms. The first kappa shape index (κ1) is 23.1. The maximum Gasteiger partial charge on any atom is 0.253 e. The first-order chi connectivity index (χ1) is 17.6. The van der Waals surface area contributed by atoms with Gasteiger partial charge in [0.05, 0.1) is 16.7 Å². The molecule has 2 aromatic heterocycles. The molecule has 4 heterocycles. The van der Waals surface area contributed by atoms with Crippen LogP contribution in [0.5, 0.6) is 0 Å². The van der Waals surface area contributed by atoms with Crippen LogP contribution in [0.15, 0.2) is 66.9 Å². The topological polar surface area (TPSA) is 81.6 Å². The number of amides is 1. The van der Waals surface area contributed by atoms with Crippen molar-refractivity contribution in [2.24, 2.45) is 0 Å². The van der Waals surface area contributed by atoms with Gasteiger partial charge >= 0.3 is 0 Å². The van der Waals surface area contributed by atoms with Crippen LogP contribution >= 0.6 is 11.3 Å². The maximum atomic E-state index is 13.1. The first-order valence-electron chi connectivity index (χ1n) is 12.5. The summed E-state index contributed by atoms with van der Waals surface area (Å²) in [6.07, 6.45) is 4.36. The van der Waals surface area contributed by atoms with Gasteiger partial charge in [-0.3, -0.25) is 9.69 Å². The average Bonchev–Trinajstić information content (AvgIpc) is 3.55. The summed E-state index contributed by atoms with van der Waals surface area (Å²) in [5, 5.41) is 14.3. The maximum absolute atomic E-state index is 13.1. The number of nitrogens with zero attached hydrogens (tertiary/aromatic N) is 4. The van der Waals surface area contributed by atoms with E-state index in [-0.39, 0.29) is 12.0 Å². The molecular formula is C28H29N5O2S. The van der Waals surface area contributed by atoms with Gasteiger partial charge in [-0.1, -0.05) is 18.2 Å². The number of aromatic nitrogens is 2. The highest BCUT2D eigenvalue weighted by Crippen LogP contribution is 2.32. The summed E-state index contributed by atoms with van der Waals surface area (Å²) < 4.78 is 1.24. The van der Waals surface area contributed by atoms with Gasteiger partial charge in [-0.05, 0) is 67.1 Å². The number of rotatable bonds is 5. The van der Waals surface area contributed by atoms with E-state index in [4.69, 9.17) is 4.98 Å². The summed E-state index contributed by atoms with van der Waals surface area (Å²) in [5.41, 5.74) is 2.41. The standard InChI is InChI=1S/C28H29N5O2S/c34-23-12-16-33(18-23)22-10-14-32(15-11-22)27(35)19-5-7-21(8-6-19)30-28-29-13-9-24(31-28)26-17-20-3-1-2-4-25(20)36-26/h1-9,13,17,22-23,34H,10-12,14-16,18H2,(H,29,30,31)/t23-/m1/s1. The van der Waals surface area contributed by atoms with Crippen molar-refractivity contribution in [1.29, 1.82) is 0 Å². The normalized spacial score (nSPS) is 19.1. The Labute approximate surface area is 214 Å². The van der Waals surface area contributed by atoms with Crippen LogP contribution in [0.3, 0.4) is 0 Å². The molecule has 1 atom stereocenters. The number of thiophene rings is 1. The fourth-order valence-corrected chi connectivity index (χ4v) is 6.24.